The van der Waals surface area contributed by atoms with Gasteiger partial charge in [-0.15, -0.1) is 0 Å². The zero-order valence-corrected chi connectivity index (χ0v) is 18.6. The zero-order chi connectivity index (χ0) is 22.2. The van der Waals surface area contributed by atoms with Crippen molar-refractivity contribution < 1.29 is 9.53 Å². The van der Waals surface area contributed by atoms with Crippen molar-refractivity contribution in [3.05, 3.63) is 95.8 Å². The lowest BCUT2D eigenvalue weighted by Gasteiger charge is -2.37. The third-order valence-corrected chi connectivity index (χ3v) is 6.11. The van der Waals surface area contributed by atoms with E-state index in [0.717, 1.165) is 49.5 Å². The van der Waals surface area contributed by atoms with Crippen LogP contribution in [-0.2, 0) is 17.8 Å². The van der Waals surface area contributed by atoms with Crippen molar-refractivity contribution in [2.24, 2.45) is 5.92 Å². The number of carbonyl (C=O) groups is 1. The average Bonchev–Trinajstić information content (AvgIpc) is 2.84. The highest BCUT2D eigenvalue weighted by molar-refractivity contribution is 5.79. The van der Waals surface area contributed by atoms with Gasteiger partial charge in [0.15, 0.2) is 0 Å². The Morgan fingerprint density at radius 1 is 1.06 bits per heavy atom. The lowest BCUT2D eigenvalue weighted by molar-refractivity contribution is -0.121. The van der Waals surface area contributed by atoms with Crippen molar-refractivity contribution in [2.75, 3.05) is 20.2 Å². The number of hydrogen-bond donors (Lipinski definition) is 1. The number of aromatic nitrogens is 1. The Bertz CT molecular complexity index is 977. The zero-order valence-electron chi connectivity index (χ0n) is 18.6. The summed E-state index contributed by atoms with van der Waals surface area (Å²) in [6, 6.07) is 24.0. The van der Waals surface area contributed by atoms with E-state index in [4.69, 9.17) is 4.74 Å². The van der Waals surface area contributed by atoms with Gasteiger partial charge >= 0.3 is 0 Å². The van der Waals surface area contributed by atoms with Gasteiger partial charge in [0.2, 0.25) is 5.91 Å². The van der Waals surface area contributed by atoms with Gasteiger partial charge < -0.3 is 10.1 Å². The molecule has 1 aromatic heterocycles. The van der Waals surface area contributed by atoms with E-state index in [-0.39, 0.29) is 11.9 Å². The van der Waals surface area contributed by atoms with Gasteiger partial charge in [0.25, 0.3) is 0 Å². The van der Waals surface area contributed by atoms with Crippen LogP contribution in [0.4, 0.5) is 0 Å². The molecule has 166 valence electrons. The van der Waals surface area contributed by atoms with Crippen molar-refractivity contribution in [3.63, 3.8) is 0 Å². The van der Waals surface area contributed by atoms with Crippen molar-refractivity contribution in [2.45, 2.75) is 31.8 Å². The number of pyridine rings is 1. The predicted molar refractivity (Wildman–Crippen MR) is 126 cm³/mol. The molecule has 2 atom stereocenters. The Hall–Kier alpha value is -3.18. The second-order valence-corrected chi connectivity index (χ2v) is 8.45. The quantitative estimate of drug-likeness (QED) is 0.577. The van der Waals surface area contributed by atoms with Crippen LogP contribution in [0.5, 0.6) is 5.75 Å². The van der Waals surface area contributed by atoms with Crippen molar-refractivity contribution >= 4 is 5.91 Å². The summed E-state index contributed by atoms with van der Waals surface area (Å²) in [5.41, 5.74) is 3.23. The van der Waals surface area contributed by atoms with Crippen LogP contribution in [0, 0.1) is 5.92 Å². The molecule has 0 saturated carbocycles. The van der Waals surface area contributed by atoms with E-state index in [1.807, 2.05) is 66.9 Å². The number of methoxy groups -OCH3 is 1. The molecule has 0 aliphatic carbocycles. The maximum atomic E-state index is 12.9. The molecule has 1 fully saturated rings. The highest BCUT2D eigenvalue weighted by atomic mass is 16.5. The molecule has 5 nitrogen and oxygen atoms in total. The normalized spacial score (nSPS) is 17.5. The molecule has 1 aliphatic heterocycles. The van der Waals surface area contributed by atoms with Crippen LogP contribution in [0.3, 0.4) is 0 Å². The average molecular weight is 430 g/mol. The summed E-state index contributed by atoms with van der Waals surface area (Å²) in [5.74, 6) is 1.23. The molecule has 4 rings (SSSR count). The lowest BCUT2D eigenvalue weighted by atomic mass is 9.88. The maximum Gasteiger partial charge on any atom is 0.224 e. The van der Waals surface area contributed by atoms with E-state index in [2.05, 4.69) is 27.3 Å². The minimum atomic E-state index is -0.0916. The van der Waals surface area contributed by atoms with Crippen LogP contribution in [0.1, 0.15) is 35.7 Å². The number of likely N-dealkylation sites (tertiary alicyclic amines) is 1. The molecule has 5 heteroatoms. The Labute approximate surface area is 190 Å². The summed E-state index contributed by atoms with van der Waals surface area (Å²) in [7, 11) is 1.69. The number of piperidine rings is 1. The molecule has 0 radical (unpaired) electrons. The molecular formula is C27H31N3O2. The molecule has 0 unspecified atom stereocenters. The molecule has 32 heavy (non-hydrogen) atoms. The first-order valence-corrected chi connectivity index (χ1v) is 11.3. The molecule has 0 spiro atoms. The maximum absolute atomic E-state index is 12.9. The number of benzene rings is 2. The smallest absolute Gasteiger partial charge is 0.224 e. The molecule has 1 aliphatic rings. The number of hydrogen-bond acceptors (Lipinski definition) is 4. The largest absolute Gasteiger partial charge is 0.497 e. The van der Waals surface area contributed by atoms with Gasteiger partial charge in [-0.05, 0) is 60.7 Å². The van der Waals surface area contributed by atoms with Crippen molar-refractivity contribution in [1.82, 2.24) is 15.2 Å². The number of rotatable bonds is 8. The third-order valence-electron chi connectivity index (χ3n) is 6.11. The second kappa shape index (κ2) is 10.9. The summed E-state index contributed by atoms with van der Waals surface area (Å²) in [4.78, 5) is 20.0. The molecule has 2 aromatic carbocycles. The van der Waals surface area contributed by atoms with E-state index < -0.39 is 0 Å². The summed E-state index contributed by atoms with van der Waals surface area (Å²) >= 11 is 0. The molecule has 3 aromatic rings. The minimum absolute atomic E-state index is 0.0409. The van der Waals surface area contributed by atoms with Gasteiger partial charge in [0.05, 0.1) is 25.3 Å². The fourth-order valence-electron chi connectivity index (χ4n) is 4.50. The molecule has 0 bridgehead atoms. The highest BCUT2D eigenvalue weighted by Gasteiger charge is 2.30. The van der Waals surface area contributed by atoms with E-state index in [1.54, 1.807) is 7.11 Å². The van der Waals surface area contributed by atoms with Crippen LogP contribution in [0.2, 0.25) is 0 Å². The Morgan fingerprint density at radius 3 is 2.56 bits per heavy atom. The van der Waals surface area contributed by atoms with Crippen molar-refractivity contribution in [1.29, 1.82) is 0 Å². The van der Waals surface area contributed by atoms with Gasteiger partial charge in [0.1, 0.15) is 5.75 Å². The first-order valence-electron chi connectivity index (χ1n) is 11.3. The number of carbonyl (C=O) groups excluding carboxylic acids is 1. The van der Waals surface area contributed by atoms with Gasteiger partial charge in [-0.25, -0.2) is 0 Å². The molecule has 2 heterocycles. The van der Waals surface area contributed by atoms with Gasteiger partial charge in [-0.2, -0.15) is 0 Å². The number of amides is 1. The van der Waals surface area contributed by atoms with Crippen LogP contribution >= 0.6 is 0 Å². The van der Waals surface area contributed by atoms with Crippen LogP contribution in [0.15, 0.2) is 79.0 Å². The number of ether oxygens (including phenoxy) is 1. The first-order chi connectivity index (χ1) is 15.7. The topological polar surface area (TPSA) is 54.5 Å². The predicted octanol–water partition coefficient (Wildman–Crippen LogP) is 4.40. The standard InChI is InChI=1S/C27H31N3O2/c1-32-24-14-12-22(13-15-24)19-30-17-7-10-23(20-30)27(25-11-5-6-16-28-25)29-26(31)18-21-8-3-2-4-9-21/h2-6,8-9,11-16,23,27H,7,10,17-20H2,1H3,(H,29,31)/t23-,27+/m0/s1. The van der Waals surface area contributed by atoms with Crippen molar-refractivity contribution in [3.8, 4) is 5.75 Å². The summed E-state index contributed by atoms with van der Waals surface area (Å²) in [5, 5.41) is 3.31. The summed E-state index contributed by atoms with van der Waals surface area (Å²) < 4.78 is 5.28. The Balaban J connectivity index is 1.45. The van der Waals surface area contributed by atoms with Crippen LogP contribution in [-0.4, -0.2) is 36.0 Å². The first kappa shape index (κ1) is 22.0. The van der Waals surface area contributed by atoms with E-state index in [1.165, 1.54) is 5.56 Å². The van der Waals surface area contributed by atoms with Gasteiger partial charge in [-0.1, -0.05) is 48.5 Å². The van der Waals surface area contributed by atoms with E-state index in [0.29, 0.717) is 12.3 Å². The Kier molecular flexibility index (Phi) is 7.51. The Morgan fingerprint density at radius 2 is 1.84 bits per heavy atom. The number of nitrogens with one attached hydrogen (secondary N) is 1. The fraction of sp³-hybridized carbons (Fsp3) is 0.333. The van der Waals surface area contributed by atoms with Crippen LogP contribution < -0.4 is 10.1 Å². The van der Waals surface area contributed by atoms with E-state index >= 15 is 0 Å². The van der Waals surface area contributed by atoms with Gasteiger partial charge in [0, 0.05) is 19.3 Å². The third kappa shape index (κ3) is 5.95. The SMILES string of the molecule is COc1ccc(CN2CCC[C@H]([C@@H](NC(=O)Cc3ccccc3)c3ccccn3)C2)cc1. The van der Waals surface area contributed by atoms with Crippen LogP contribution in [0.25, 0.3) is 0 Å². The lowest BCUT2D eigenvalue weighted by Crippen LogP contribution is -2.43. The second-order valence-electron chi connectivity index (χ2n) is 8.45. The number of nitrogens with zero attached hydrogens (tertiary/aromatic N) is 2. The molecular weight excluding hydrogens is 398 g/mol. The highest BCUT2D eigenvalue weighted by Crippen LogP contribution is 2.30. The minimum Gasteiger partial charge on any atom is -0.497 e. The summed E-state index contributed by atoms with van der Waals surface area (Å²) in [6.07, 6.45) is 4.38. The molecule has 1 N–H and O–H groups in total. The van der Waals surface area contributed by atoms with E-state index in [9.17, 15) is 4.79 Å². The summed E-state index contributed by atoms with van der Waals surface area (Å²) in [6.45, 7) is 2.89. The van der Waals surface area contributed by atoms with Gasteiger partial charge in [-0.3, -0.25) is 14.7 Å². The monoisotopic (exact) mass is 429 g/mol. The molecule has 1 saturated heterocycles. The molecule has 1 amide bonds. The fourth-order valence-corrected chi connectivity index (χ4v) is 4.50.